The molecule has 1 aromatic rings. The summed E-state index contributed by atoms with van der Waals surface area (Å²) >= 11 is 5.75. The minimum absolute atomic E-state index is 0.116. The third-order valence-corrected chi connectivity index (χ3v) is 3.68. The van der Waals surface area contributed by atoms with Crippen molar-refractivity contribution in [3.05, 3.63) is 35.1 Å². The number of amides is 1. The van der Waals surface area contributed by atoms with Gasteiger partial charge >= 0.3 is 0 Å². The van der Waals surface area contributed by atoms with Gasteiger partial charge in [0.05, 0.1) is 5.60 Å². The van der Waals surface area contributed by atoms with E-state index in [-0.39, 0.29) is 18.4 Å². The van der Waals surface area contributed by atoms with E-state index in [1.807, 2.05) is 13.8 Å². The molecule has 5 heteroatoms. The lowest BCUT2D eigenvalue weighted by atomic mass is 9.89. The molecule has 1 amide bonds. The number of carbonyl (C=O) groups is 1. The van der Waals surface area contributed by atoms with Crippen molar-refractivity contribution in [1.82, 2.24) is 10.3 Å². The Morgan fingerprint density at radius 3 is 2.95 bits per heavy atom. The Hall–Kier alpha value is -1.39. The van der Waals surface area contributed by atoms with Crippen molar-refractivity contribution in [2.24, 2.45) is 5.92 Å². The zero-order valence-corrected chi connectivity index (χ0v) is 12.8. The fraction of sp³-hybridized carbons (Fsp3) is 0.467. The molecule has 0 bridgehead atoms. The lowest BCUT2D eigenvalue weighted by molar-refractivity contribution is -0.118. The van der Waals surface area contributed by atoms with Gasteiger partial charge in [-0.3, -0.25) is 4.79 Å². The van der Waals surface area contributed by atoms with E-state index in [9.17, 15) is 9.90 Å². The molecular formula is C15H21ClN2O2. The number of pyridine rings is 1. The van der Waals surface area contributed by atoms with Gasteiger partial charge in [0.2, 0.25) is 5.91 Å². The van der Waals surface area contributed by atoms with Crippen LogP contribution in [0.1, 0.15) is 32.8 Å². The van der Waals surface area contributed by atoms with E-state index < -0.39 is 5.60 Å². The first-order valence-corrected chi connectivity index (χ1v) is 7.03. The van der Waals surface area contributed by atoms with Crippen molar-refractivity contribution in [1.29, 1.82) is 0 Å². The Morgan fingerprint density at radius 1 is 1.65 bits per heavy atom. The molecule has 4 nitrogen and oxygen atoms in total. The molecule has 0 saturated heterocycles. The molecule has 0 fully saturated rings. The highest BCUT2D eigenvalue weighted by molar-refractivity contribution is 6.29. The maximum absolute atomic E-state index is 11.7. The van der Waals surface area contributed by atoms with Gasteiger partial charge in [0.1, 0.15) is 5.15 Å². The second-order valence-corrected chi connectivity index (χ2v) is 5.52. The maximum Gasteiger partial charge on any atom is 0.244 e. The number of aliphatic hydroxyl groups is 1. The van der Waals surface area contributed by atoms with Crippen LogP contribution in [0.3, 0.4) is 0 Å². The number of hydrogen-bond donors (Lipinski definition) is 2. The summed E-state index contributed by atoms with van der Waals surface area (Å²) in [5.74, 6) is -0.132. The SMILES string of the molecule is CCC(C)C(C)(O)CNC(=O)/C=C/c1ccnc(Cl)c1. The van der Waals surface area contributed by atoms with Crippen LogP contribution in [0.15, 0.2) is 24.4 Å². The molecule has 1 aromatic heterocycles. The predicted octanol–water partition coefficient (Wildman–Crippen LogP) is 2.66. The van der Waals surface area contributed by atoms with Gasteiger partial charge in [-0.1, -0.05) is 31.9 Å². The number of nitrogens with zero attached hydrogens (tertiary/aromatic N) is 1. The maximum atomic E-state index is 11.7. The summed E-state index contributed by atoms with van der Waals surface area (Å²) in [7, 11) is 0. The molecule has 2 unspecified atom stereocenters. The minimum atomic E-state index is -0.905. The molecular weight excluding hydrogens is 276 g/mol. The van der Waals surface area contributed by atoms with Crippen LogP contribution >= 0.6 is 11.6 Å². The van der Waals surface area contributed by atoms with Crippen LogP contribution in [-0.4, -0.2) is 28.1 Å². The first-order chi connectivity index (χ1) is 9.35. The van der Waals surface area contributed by atoms with Crippen LogP contribution in [0.2, 0.25) is 5.15 Å². The lowest BCUT2D eigenvalue weighted by Gasteiger charge is -2.29. The number of carbonyl (C=O) groups excluding carboxylic acids is 1. The van der Waals surface area contributed by atoms with Gasteiger partial charge in [0, 0.05) is 18.8 Å². The molecule has 2 N–H and O–H groups in total. The van der Waals surface area contributed by atoms with Crippen LogP contribution in [0.25, 0.3) is 6.08 Å². The summed E-state index contributed by atoms with van der Waals surface area (Å²) in [6.45, 7) is 5.92. The van der Waals surface area contributed by atoms with E-state index >= 15 is 0 Å². The van der Waals surface area contributed by atoms with Crippen molar-refractivity contribution in [2.45, 2.75) is 32.8 Å². The Kier molecular flexibility index (Phi) is 6.17. The fourth-order valence-corrected chi connectivity index (χ4v) is 1.81. The van der Waals surface area contributed by atoms with E-state index in [1.165, 1.54) is 6.08 Å². The molecule has 0 saturated carbocycles. The van der Waals surface area contributed by atoms with Crippen LogP contribution in [-0.2, 0) is 4.79 Å². The summed E-state index contributed by atoms with van der Waals surface area (Å²) in [6, 6.07) is 3.42. The largest absolute Gasteiger partial charge is 0.388 e. The average Bonchev–Trinajstić information content (AvgIpc) is 2.42. The zero-order valence-electron chi connectivity index (χ0n) is 12.1. The number of aromatic nitrogens is 1. The first kappa shape index (κ1) is 16.7. The Morgan fingerprint density at radius 2 is 2.35 bits per heavy atom. The molecule has 2 atom stereocenters. The molecule has 0 aliphatic rings. The predicted molar refractivity (Wildman–Crippen MR) is 81.4 cm³/mol. The Bertz CT molecular complexity index is 487. The molecule has 0 aliphatic heterocycles. The average molecular weight is 297 g/mol. The van der Waals surface area contributed by atoms with Crippen molar-refractivity contribution < 1.29 is 9.90 Å². The standard InChI is InChI=1S/C15H21ClN2O2/c1-4-11(2)15(3,20)10-18-14(19)6-5-12-7-8-17-13(16)9-12/h5-9,11,20H,4,10H2,1-3H3,(H,18,19)/b6-5+. The van der Waals surface area contributed by atoms with Gasteiger partial charge in [-0.15, -0.1) is 0 Å². The second-order valence-electron chi connectivity index (χ2n) is 5.13. The van der Waals surface area contributed by atoms with Crippen molar-refractivity contribution in [2.75, 3.05) is 6.54 Å². The van der Waals surface area contributed by atoms with Gasteiger partial charge in [0.15, 0.2) is 0 Å². The molecule has 0 radical (unpaired) electrons. The topological polar surface area (TPSA) is 62.2 Å². The molecule has 0 spiro atoms. The van der Waals surface area contributed by atoms with Crippen LogP contribution < -0.4 is 5.32 Å². The number of rotatable bonds is 6. The van der Waals surface area contributed by atoms with Crippen LogP contribution in [0.4, 0.5) is 0 Å². The minimum Gasteiger partial charge on any atom is -0.388 e. The van der Waals surface area contributed by atoms with Crippen LogP contribution in [0, 0.1) is 5.92 Å². The second kappa shape index (κ2) is 7.41. The summed E-state index contributed by atoms with van der Waals surface area (Å²) in [5.41, 5.74) is -0.105. The molecule has 0 aromatic carbocycles. The molecule has 20 heavy (non-hydrogen) atoms. The van der Waals surface area contributed by atoms with E-state index in [1.54, 1.807) is 31.3 Å². The van der Waals surface area contributed by atoms with Gasteiger partial charge in [-0.25, -0.2) is 4.98 Å². The van der Waals surface area contributed by atoms with Crippen molar-refractivity contribution in [3.8, 4) is 0 Å². The smallest absolute Gasteiger partial charge is 0.244 e. The quantitative estimate of drug-likeness (QED) is 0.627. The van der Waals surface area contributed by atoms with E-state index in [0.29, 0.717) is 5.15 Å². The van der Waals surface area contributed by atoms with Gasteiger partial charge in [-0.05, 0) is 36.6 Å². The van der Waals surface area contributed by atoms with E-state index in [4.69, 9.17) is 11.6 Å². The monoisotopic (exact) mass is 296 g/mol. The van der Waals surface area contributed by atoms with Crippen molar-refractivity contribution >= 4 is 23.6 Å². The number of nitrogens with one attached hydrogen (secondary N) is 1. The van der Waals surface area contributed by atoms with Crippen LogP contribution in [0.5, 0.6) is 0 Å². The summed E-state index contributed by atoms with van der Waals surface area (Å²) in [6.07, 6.45) is 5.50. The van der Waals surface area contributed by atoms with Crippen molar-refractivity contribution in [3.63, 3.8) is 0 Å². The number of halogens is 1. The number of hydrogen-bond acceptors (Lipinski definition) is 3. The Labute approximate surface area is 124 Å². The normalized spacial score (nSPS) is 15.8. The highest BCUT2D eigenvalue weighted by Crippen LogP contribution is 2.18. The van der Waals surface area contributed by atoms with E-state index in [2.05, 4.69) is 10.3 Å². The molecule has 1 heterocycles. The highest BCUT2D eigenvalue weighted by atomic mass is 35.5. The zero-order chi connectivity index (χ0) is 15.2. The first-order valence-electron chi connectivity index (χ1n) is 6.65. The Balaban J connectivity index is 2.52. The van der Waals surface area contributed by atoms with Gasteiger partial charge in [0.25, 0.3) is 0 Å². The lowest BCUT2D eigenvalue weighted by Crippen LogP contribution is -2.44. The summed E-state index contributed by atoms with van der Waals surface area (Å²) < 4.78 is 0. The highest BCUT2D eigenvalue weighted by Gasteiger charge is 2.26. The van der Waals surface area contributed by atoms with Gasteiger partial charge < -0.3 is 10.4 Å². The van der Waals surface area contributed by atoms with E-state index in [0.717, 1.165) is 12.0 Å². The molecule has 1 rings (SSSR count). The fourth-order valence-electron chi connectivity index (χ4n) is 1.63. The summed E-state index contributed by atoms with van der Waals surface area (Å²) in [4.78, 5) is 15.6. The summed E-state index contributed by atoms with van der Waals surface area (Å²) in [5, 5.41) is 13.3. The molecule has 0 aliphatic carbocycles. The third kappa shape index (κ3) is 5.31. The van der Waals surface area contributed by atoms with Gasteiger partial charge in [-0.2, -0.15) is 0 Å². The third-order valence-electron chi connectivity index (χ3n) is 3.47. The molecule has 110 valence electrons.